The van der Waals surface area contributed by atoms with Crippen LogP contribution in [0.15, 0.2) is 54.6 Å². The van der Waals surface area contributed by atoms with Gasteiger partial charge in [-0.1, -0.05) is 48.5 Å². The number of likely N-dealkylation sites (N-methyl/N-ethyl adjacent to an activating group) is 1. The van der Waals surface area contributed by atoms with Crippen LogP contribution in [0.1, 0.15) is 21.6 Å². The molecule has 0 unspecified atom stereocenters. The monoisotopic (exact) mass is 304 g/mol. The second-order valence-electron chi connectivity index (χ2n) is 6.21. The molecule has 1 amide bonds. The second kappa shape index (κ2) is 5.58. The number of hydrogen-bond acceptors (Lipinski definition) is 1. The van der Waals surface area contributed by atoms with Crippen molar-refractivity contribution < 1.29 is 4.79 Å². The predicted molar refractivity (Wildman–Crippen MR) is 92.7 cm³/mol. The summed E-state index contributed by atoms with van der Waals surface area (Å²) in [6.45, 7) is 1.64. The molecule has 3 nitrogen and oxygen atoms in total. The summed E-state index contributed by atoms with van der Waals surface area (Å²) in [6.07, 6.45) is 1.87. The van der Waals surface area contributed by atoms with Crippen LogP contribution in [0.4, 0.5) is 0 Å². The van der Waals surface area contributed by atoms with Crippen molar-refractivity contribution in [2.75, 3.05) is 13.6 Å². The lowest BCUT2D eigenvalue weighted by Crippen LogP contribution is -2.35. The van der Waals surface area contributed by atoms with Gasteiger partial charge in [-0.15, -0.1) is 0 Å². The van der Waals surface area contributed by atoms with Gasteiger partial charge in [0.15, 0.2) is 0 Å². The molecule has 3 aromatic rings. The Morgan fingerprint density at radius 3 is 2.57 bits per heavy atom. The van der Waals surface area contributed by atoms with Crippen molar-refractivity contribution >= 4 is 16.8 Å². The van der Waals surface area contributed by atoms with Crippen LogP contribution in [-0.4, -0.2) is 29.0 Å². The molecule has 0 atom stereocenters. The molecule has 1 aromatic heterocycles. The summed E-state index contributed by atoms with van der Waals surface area (Å²) in [5.41, 5.74) is 4.58. The van der Waals surface area contributed by atoms with E-state index in [1.807, 2.05) is 18.0 Å². The van der Waals surface area contributed by atoms with Crippen LogP contribution >= 0.6 is 0 Å². The van der Waals surface area contributed by atoms with Gasteiger partial charge < -0.3 is 9.47 Å². The van der Waals surface area contributed by atoms with Crippen LogP contribution in [0.25, 0.3) is 10.9 Å². The molecule has 4 rings (SSSR count). The molecule has 0 fully saturated rings. The first-order valence-electron chi connectivity index (χ1n) is 8.15. The van der Waals surface area contributed by atoms with Crippen molar-refractivity contribution in [3.63, 3.8) is 0 Å². The molecule has 2 aromatic carbocycles. The number of hydrogen-bond donors (Lipinski definition) is 0. The van der Waals surface area contributed by atoms with Crippen LogP contribution in [-0.2, 0) is 19.4 Å². The maximum atomic E-state index is 12.7. The van der Waals surface area contributed by atoms with Gasteiger partial charge in [-0.25, -0.2) is 0 Å². The number of benzene rings is 2. The summed E-state index contributed by atoms with van der Waals surface area (Å²) in [6, 6.07) is 18.9. The maximum absolute atomic E-state index is 12.7. The summed E-state index contributed by atoms with van der Waals surface area (Å²) in [7, 11) is 1.89. The van der Waals surface area contributed by atoms with Crippen LogP contribution in [0.3, 0.4) is 0 Å². The van der Waals surface area contributed by atoms with Gasteiger partial charge in [-0.05, 0) is 30.0 Å². The fourth-order valence-electron chi connectivity index (χ4n) is 3.55. The maximum Gasteiger partial charge on any atom is 0.270 e. The topological polar surface area (TPSA) is 25.2 Å². The number of aryl methyl sites for hydroxylation is 2. The van der Waals surface area contributed by atoms with E-state index in [0.29, 0.717) is 0 Å². The molecule has 1 aliphatic rings. The molecule has 23 heavy (non-hydrogen) atoms. The Morgan fingerprint density at radius 1 is 1.00 bits per heavy atom. The highest BCUT2D eigenvalue weighted by Crippen LogP contribution is 2.30. The van der Waals surface area contributed by atoms with Gasteiger partial charge in [-0.2, -0.15) is 0 Å². The normalized spacial score (nSPS) is 14.3. The minimum Gasteiger partial charge on any atom is -0.340 e. The highest BCUT2D eigenvalue weighted by Gasteiger charge is 2.28. The third-order valence-electron chi connectivity index (χ3n) is 4.79. The number of amides is 1. The Balaban J connectivity index is 1.80. The molecule has 0 radical (unpaired) electrons. The summed E-state index contributed by atoms with van der Waals surface area (Å²) < 4.78 is 2.22. The number of aromatic nitrogens is 1. The lowest BCUT2D eigenvalue weighted by molar-refractivity contribution is 0.0770. The lowest BCUT2D eigenvalue weighted by atomic mass is 10.0. The SMILES string of the molecule is CN1CCc2c(n(CCc3ccccc3)c3ccccc23)C1=O. The van der Waals surface area contributed by atoms with Crippen molar-refractivity contribution in [1.82, 2.24) is 9.47 Å². The Kier molecular flexibility index (Phi) is 3.41. The number of carbonyl (C=O) groups is 1. The molecule has 0 aliphatic carbocycles. The third kappa shape index (κ3) is 2.33. The zero-order valence-electron chi connectivity index (χ0n) is 13.3. The van der Waals surface area contributed by atoms with Crippen molar-refractivity contribution in [1.29, 1.82) is 0 Å². The molecule has 3 heteroatoms. The zero-order chi connectivity index (χ0) is 15.8. The van der Waals surface area contributed by atoms with Gasteiger partial charge in [0.1, 0.15) is 5.69 Å². The van der Waals surface area contributed by atoms with E-state index >= 15 is 0 Å². The molecular weight excluding hydrogens is 284 g/mol. The molecule has 0 bridgehead atoms. The fourth-order valence-corrected chi connectivity index (χ4v) is 3.55. The van der Waals surface area contributed by atoms with Gasteiger partial charge in [0.25, 0.3) is 5.91 Å². The predicted octanol–water partition coefficient (Wildman–Crippen LogP) is 3.51. The van der Waals surface area contributed by atoms with E-state index in [9.17, 15) is 4.79 Å². The number of carbonyl (C=O) groups excluding carboxylic acids is 1. The van der Waals surface area contributed by atoms with Crippen molar-refractivity contribution in [3.05, 3.63) is 71.4 Å². The van der Waals surface area contributed by atoms with Gasteiger partial charge >= 0.3 is 0 Å². The van der Waals surface area contributed by atoms with Gasteiger partial charge in [-0.3, -0.25) is 4.79 Å². The van der Waals surface area contributed by atoms with Crippen molar-refractivity contribution in [2.45, 2.75) is 19.4 Å². The summed E-state index contributed by atoms with van der Waals surface area (Å²) in [5, 5.41) is 1.23. The number of rotatable bonds is 3. The Bertz CT molecular complexity index is 864. The summed E-state index contributed by atoms with van der Waals surface area (Å²) in [5.74, 6) is 0.149. The standard InChI is InChI=1S/C20H20N2O/c1-21-13-12-17-16-9-5-6-10-18(16)22(19(17)20(21)23)14-11-15-7-3-2-4-8-15/h2-10H,11-14H2,1H3. The van der Waals surface area contributed by atoms with Crippen LogP contribution in [0.2, 0.25) is 0 Å². The fraction of sp³-hybridized carbons (Fsp3) is 0.250. The van der Waals surface area contributed by atoms with Crippen LogP contribution < -0.4 is 0 Å². The number of para-hydroxylation sites is 1. The Labute approximate surface area is 136 Å². The molecule has 0 saturated heterocycles. The molecule has 116 valence electrons. The number of fused-ring (bicyclic) bond motifs is 3. The van der Waals surface area contributed by atoms with E-state index in [1.165, 1.54) is 22.0 Å². The van der Waals surface area contributed by atoms with Gasteiger partial charge in [0, 0.05) is 31.0 Å². The van der Waals surface area contributed by atoms with E-state index < -0.39 is 0 Å². The summed E-state index contributed by atoms with van der Waals surface area (Å²) >= 11 is 0. The first-order chi connectivity index (χ1) is 11.3. The molecule has 0 spiro atoms. The molecule has 2 heterocycles. The lowest BCUT2D eigenvalue weighted by Gasteiger charge is -2.24. The van der Waals surface area contributed by atoms with Crippen LogP contribution in [0, 0.1) is 0 Å². The Hall–Kier alpha value is -2.55. The van der Waals surface area contributed by atoms with Crippen molar-refractivity contribution in [3.8, 4) is 0 Å². The highest BCUT2D eigenvalue weighted by molar-refractivity contribution is 6.02. The Morgan fingerprint density at radius 2 is 1.74 bits per heavy atom. The minimum atomic E-state index is 0.149. The molecule has 0 N–H and O–H groups in total. The van der Waals surface area contributed by atoms with Crippen molar-refractivity contribution in [2.24, 2.45) is 0 Å². The molecule has 0 saturated carbocycles. The average molecular weight is 304 g/mol. The van der Waals surface area contributed by atoms with Gasteiger partial charge in [0.2, 0.25) is 0 Å². The highest BCUT2D eigenvalue weighted by atomic mass is 16.2. The molecular formula is C20H20N2O. The third-order valence-corrected chi connectivity index (χ3v) is 4.79. The van der Waals surface area contributed by atoms with Gasteiger partial charge in [0.05, 0.1) is 0 Å². The first-order valence-corrected chi connectivity index (χ1v) is 8.15. The number of nitrogens with zero attached hydrogens (tertiary/aromatic N) is 2. The van der Waals surface area contributed by atoms with E-state index in [-0.39, 0.29) is 5.91 Å². The van der Waals surface area contributed by atoms with E-state index in [1.54, 1.807) is 0 Å². The first kappa shape index (κ1) is 14.1. The average Bonchev–Trinajstić information content (AvgIpc) is 2.92. The minimum absolute atomic E-state index is 0.149. The molecule has 1 aliphatic heterocycles. The van der Waals surface area contributed by atoms with E-state index in [0.717, 1.165) is 31.6 Å². The largest absolute Gasteiger partial charge is 0.340 e. The second-order valence-corrected chi connectivity index (χ2v) is 6.21. The zero-order valence-corrected chi connectivity index (χ0v) is 13.3. The van der Waals surface area contributed by atoms with E-state index in [2.05, 4.69) is 53.1 Å². The quantitative estimate of drug-likeness (QED) is 0.727. The van der Waals surface area contributed by atoms with Crippen LogP contribution in [0.5, 0.6) is 0 Å². The van der Waals surface area contributed by atoms with E-state index in [4.69, 9.17) is 0 Å². The smallest absolute Gasteiger partial charge is 0.270 e. The summed E-state index contributed by atoms with van der Waals surface area (Å²) in [4.78, 5) is 14.6.